The normalized spacial score (nSPS) is 11.8. The third-order valence-electron chi connectivity index (χ3n) is 2.26. The largest absolute Gasteiger partial charge is 0.364 e. The van der Waals surface area contributed by atoms with Gasteiger partial charge >= 0.3 is 0 Å². The topological polar surface area (TPSA) is 114 Å². The van der Waals surface area contributed by atoms with E-state index < -0.39 is 0 Å². The predicted octanol–water partition coefficient (Wildman–Crippen LogP) is -0.559. The zero-order chi connectivity index (χ0) is 15.8. The van der Waals surface area contributed by atoms with Crippen LogP contribution in [0.15, 0.2) is 10.2 Å². The third-order valence-corrected chi connectivity index (χ3v) is 2.85. The lowest BCUT2D eigenvalue weighted by Gasteiger charge is -2.01. The number of hydrogen-bond acceptors (Lipinski definition) is 6. The Morgan fingerprint density at radius 2 is 1.52 bits per heavy atom. The molecule has 11 heteroatoms. The van der Waals surface area contributed by atoms with Crippen LogP contribution >= 0.6 is 24.4 Å². The van der Waals surface area contributed by atoms with Crippen LogP contribution in [0.25, 0.3) is 0 Å². The summed E-state index contributed by atoms with van der Waals surface area (Å²) < 4.78 is 0. The van der Waals surface area contributed by atoms with Crippen LogP contribution in [-0.2, 0) is 0 Å². The van der Waals surface area contributed by atoms with Gasteiger partial charge in [-0.1, -0.05) is 0 Å². The van der Waals surface area contributed by atoms with Crippen LogP contribution in [0.1, 0.15) is 25.5 Å². The Morgan fingerprint density at radius 1 is 1.00 bits per heavy atom. The number of nitrogens with zero attached hydrogens (tertiary/aromatic N) is 4. The molecule has 0 aliphatic heterocycles. The molecule has 1 aromatic heterocycles. The smallest absolute Gasteiger partial charge is 0.197 e. The van der Waals surface area contributed by atoms with Gasteiger partial charge in [-0.3, -0.25) is 16.0 Å². The zero-order valence-corrected chi connectivity index (χ0v) is 13.7. The second-order valence-electron chi connectivity index (χ2n) is 3.78. The van der Waals surface area contributed by atoms with Crippen molar-refractivity contribution >= 4 is 46.1 Å². The Balaban J connectivity index is 2.76. The molecule has 0 fully saturated rings. The van der Waals surface area contributed by atoms with Crippen LogP contribution < -0.4 is 21.5 Å². The number of thiocarbonyl (C=S) groups is 2. The molecule has 0 atom stereocenters. The highest BCUT2D eigenvalue weighted by Gasteiger charge is 2.09. The first-order chi connectivity index (χ1) is 9.97. The van der Waals surface area contributed by atoms with Crippen molar-refractivity contribution in [1.82, 2.24) is 36.7 Å². The van der Waals surface area contributed by atoms with Crippen molar-refractivity contribution in [3.05, 3.63) is 11.6 Å². The van der Waals surface area contributed by atoms with Crippen LogP contribution in [0, 0.1) is 0 Å². The van der Waals surface area contributed by atoms with E-state index in [0.717, 1.165) is 0 Å². The fourth-order valence-corrected chi connectivity index (χ4v) is 1.16. The fourth-order valence-electron chi connectivity index (χ4n) is 1.07. The summed E-state index contributed by atoms with van der Waals surface area (Å²) in [5.74, 6) is 0.962. The van der Waals surface area contributed by atoms with Crippen LogP contribution in [0.2, 0.25) is 0 Å². The molecule has 114 valence electrons. The Kier molecular flexibility index (Phi) is 6.62. The molecule has 1 rings (SSSR count). The number of aromatic amines is 1. The molecule has 0 amide bonds. The van der Waals surface area contributed by atoms with E-state index in [0.29, 0.717) is 33.3 Å². The van der Waals surface area contributed by atoms with Crippen molar-refractivity contribution in [3.63, 3.8) is 0 Å². The van der Waals surface area contributed by atoms with Gasteiger partial charge in [0.1, 0.15) is 11.4 Å². The number of hydrogen-bond donors (Lipinski definition) is 5. The van der Waals surface area contributed by atoms with E-state index in [1.54, 1.807) is 27.9 Å². The second kappa shape index (κ2) is 8.21. The molecule has 0 spiro atoms. The summed E-state index contributed by atoms with van der Waals surface area (Å²) in [5.41, 5.74) is 6.53. The average Bonchev–Trinajstić information content (AvgIpc) is 2.99. The van der Waals surface area contributed by atoms with Gasteiger partial charge < -0.3 is 10.6 Å². The molecule has 1 heterocycles. The van der Waals surface area contributed by atoms with Gasteiger partial charge in [0.2, 0.25) is 0 Å². The van der Waals surface area contributed by atoms with Crippen molar-refractivity contribution in [1.29, 1.82) is 0 Å². The van der Waals surface area contributed by atoms with Crippen molar-refractivity contribution in [2.75, 3.05) is 14.1 Å². The molecule has 21 heavy (non-hydrogen) atoms. The minimum Gasteiger partial charge on any atom is -0.364 e. The van der Waals surface area contributed by atoms with Gasteiger partial charge in [0, 0.05) is 14.1 Å². The standard InChI is InChI=1S/C10H17N9S2/c1-5(14-18-9(20)11-3)7-13-8(17-16-7)6(2)15-19-10(21)12-4/h1-4H3,(H2,11,18,20)(H2,12,19,21)(H,13,16,17)/b14-5+,15-6+. The summed E-state index contributed by atoms with van der Waals surface area (Å²) >= 11 is 9.84. The summed E-state index contributed by atoms with van der Waals surface area (Å²) in [5, 5.41) is 21.3. The summed E-state index contributed by atoms with van der Waals surface area (Å²) in [4.78, 5) is 4.28. The van der Waals surface area contributed by atoms with Gasteiger partial charge in [-0.05, 0) is 38.3 Å². The molecule has 0 aliphatic carbocycles. The Labute approximate surface area is 133 Å². The molecule has 0 aliphatic rings. The van der Waals surface area contributed by atoms with Crippen LogP contribution in [0.3, 0.4) is 0 Å². The average molecular weight is 327 g/mol. The highest BCUT2D eigenvalue weighted by atomic mass is 32.1. The number of rotatable bonds is 4. The highest BCUT2D eigenvalue weighted by molar-refractivity contribution is 7.80. The van der Waals surface area contributed by atoms with E-state index in [1.165, 1.54) is 0 Å². The number of hydrazone groups is 2. The molecule has 0 saturated carbocycles. The van der Waals surface area contributed by atoms with E-state index >= 15 is 0 Å². The maximum atomic E-state index is 4.92. The number of nitrogens with one attached hydrogen (secondary N) is 5. The quantitative estimate of drug-likeness (QED) is 0.284. The third kappa shape index (κ3) is 5.39. The van der Waals surface area contributed by atoms with Gasteiger partial charge in [0.25, 0.3) is 0 Å². The monoisotopic (exact) mass is 327 g/mol. The summed E-state index contributed by atoms with van der Waals surface area (Å²) in [6, 6.07) is 0. The lowest BCUT2D eigenvalue weighted by Crippen LogP contribution is -2.29. The maximum absolute atomic E-state index is 4.92. The molecule has 0 unspecified atom stereocenters. The zero-order valence-electron chi connectivity index (χ0n) is 12.1. The molecule has 1 aromatic rings. The predicted molar refractivity (Wildman–Crippen MR) is 90.4 cm³/mol. The molecule has 0 saturated heterocycles. The van der Waals surface area contributed by atoms with Gasteiger partial charge in [-0.25, -0.2) is 4.98 Å². The van der Waals surface area contributed by atoms with Gasteiger partial charge in [0.05, 0.1) is 0 Å². The van der Waals surface area contributed by atoms with E-state index in [4.69, 9.17) is 24.4 Å². The summed E-state index contributed by atoms with van der Waals surface area (Å²) in [6.07, 6.45) is 0. The lowest BCUT2D eigenvalue weighted by molar-refractivity contribution is 0.964. The van der Waals surface area contributed by atoms with Crippen molar-refractivity contribution in [2.45, 2.75) is 13.8 Å². The van der Waals surface area contributed by atoms with Crippen LogP contribution in [-0.4, -0.2) is 50.9 Å². The first kappa shape index (κ1) is 16.9. The highest BCUT2D eigenvalue weighted by Crippen LogP contribution is 1.97. The number of aromatic nitrogens is 3. The minimum absolute atomic E-state index is 0.410. The van der Waals surface area contributed by atoms with Crippen molar-refractivity contribution in [3.8, 4) is 0 Å². The fraction of sp³-hybridized carbons (Fsp3) is 0.400. The SMILES string of the molecule is CNC(=S)N/N=C(\C)c1n[nH]c(/C(C)=N/NC(=S)NC)n1. The first-order valence-corrected chi connectivity index (χ1v) is 6.76. The van der Waals surface area contributed by atoms with E-state index in [1.807, 2.05) is 0 Å². The Hall–Kier alpha value is -2.14. The Morgan fingerprint density at radius 3 is 2.05 bits per heavy atom. The lowest BCUT2D eigenvalue weighted by atomic mass is 10.4. The van der Waals surface area contributed by atoms with Crippen LogP contribution in [0.5, 0.6) is 0 Å². The molecule has 9 nitrogen and oxygen atoms in total. The van der Waals surface area contributed by atoms with Gasteiger partial charge in [0.15, 0.2) is 21.9 Å². The second-order valence-corrected chi connectivity index (χ2v) is 4.60. The van der Waals surface area contributed by atoms with E-state index in [9.17, 15) is 0 Å². The molecule has 0 radical (unpaired) electrons. The van der Waals surface area contributed by atoms with Crippen molar-refractivity contribution < 1.29 is 0 Å². The van der Waals surface area contributed by atoms with E-state index in [-0.39, 0.29) is 0 Å². The maximum Gasteiger partial charge on any atom is 0.197 e. The molecular formula is C10H17N9S2. The van der Waals surface area contributed by atoms with Crippen molar-refractivity contribution in [2.24, 2.45) is 10.2 Å². The molecule has 0 aromatic carbocycles. The Bertz CT molecular complexity index is 526. The molecular weight excluding hydrogens is 310 g/mol. The minimum atomic E-state index is 0.410. The molecule has 0 bridgehead atoms. The molecule has 5 N–H and O–H groups in total. The van der Waals surface area contributed by atoms with Crippen LogP contribution in [0.4, 0.5) is 0 Å². The van der Waals surface area contributed by atoms with Gasteiger partial charge in [-0.2, -0.15) is 15.3 Å². The first-order valence-electron chi connectivity index (χ1n) is 5.95. The van der Waals surface area contributed by atoms with E-state index in [2.05, 4.69) is 46.9 Å². The summed E-state index contributed by atoms with van der Waals surface area (Å²) in [6.45, 7) is 3.54. The van der Waals surface area contributed by atoms with Gasteiger partial charge in [-0.15, -0.1) is 0 Å². The summed E-state index contributed by atoms with van der Waals surface area (Å²) in [7, 11) is 3.41. The number of H-pyrrole nitrogens is 1.